The highest BCUT2D eigenvalue weighted by Gasteiger charge is 2.37. The van der Waals surface area contributed by atoms with E-state index < -0.39 is 16.4 Å². The molecule has 0 fully saturated rings. The molecule has 138 valence electrons. The van der Waals surface area contributed by atoms with Crippen LogP contribution in [0.4, 0.5) is 5.69 Å². The molecule has 1 atom stereocenters. The zero-order valence-electron chi connectivity index (χ0n) is 15.4. The van der Waals surface area contributed by atoms with Crippen molar-refractivity contribution in [2.24, 2.45) is 11.8 Å². The van der Waals surface area contributed by atoms with Crippen molar-refractivity contribution >= 4 is 17.6 Å². The number of ether oxygens (including phenoxy) is 1. The number of non-ortho nitro benzene ring substituents is 1. The van der Waals surface area contributed by atoms with Crippen molar-refractivity contribution in [3.05, 3.63) is 39.9 Å². The summed E-state index contributed by atoms with van der Waals surface area (Å²) >= 11 is 0. The van der Waals surface area contributed by atoms with Crippen LogP contribution in [0.15, 0.2) is 24.3 Å². The third kappa shape index (κ3) is 6.17. The molecule has 1 N–H and O–H groups in total. The molecule has 0 aliphatic carbocycles. The summed E-state index contributed by atoms with van der Waals surface area (Å²) in [4.78, 5) is 34.8. The zero-order chi connectivity index (χ0) is 19.2. The number of hydrogen-bond donors (Lipinski definition) is 1. The predicted octanol–water partition coefficient (Wildman–Crippen LogP) is 3.22. The van der Waals surface area contributed by atoms with E-state index in [0.717, 1.165) is 0 Å². The minimum absolute atomic E-state index is 0.0118. The Labute approximate surface area is 147 Å². The van der Waals surface area contributed by atoms with Gasteiger partial charge in [0.15, 0.2) is 0 Å². The average Bonchev–Trinajstić information content (AvgIpc) is 2.51. The molecule has 1 aromatic rings. The first-order chi connectivity index (χ1) is 11.5. The number of nitrogens with zero attached hydrogens (tertiary/aromatic N) is 1. The Morgan fingerprint density at radius 2 is 1.76 bits per heavy atom. The fraction of sp³-hybridized carbons (Fsp3) is 0.556. The van der Waals surface area contributed by atoms with Gasteiger partial charge < -0.3 is 10.1 Å². The summed E-state index contributed by atoms with van der Waals surface area (Å²) in [6, 6.07) is 5.80. The molecule has 0 aliphatic rings. The standard InChI is InChI=1S/C18H26N2O5/c1-12(2)10-18(5,19-16(21)13(3)4)17(22)25-11-14-6-8-15(9-7-14)20(23)24/h6-9,12-13H,10-11H2,1-5H3,(H,19,21)/t18-/m1/s1. The van der Waals surface area contributed by atoms with Crippen molar-refractivity contribution in [3.8, 4) is 0 Å². The van der Waals surface area contributed by atoms with Gasteiger partial charge in [0.2, 0.25) is 5.91 Å². The summed E-state index contributed by atoms with van der Waals surface area (Å²) in [6.45, 7) is 9.08. The van der Waals surface area contributed by atoms with Crippen LogP contribution in [-0.2, 0) is 20.9 Å². The van der Waals surface area contributed by atoms with Gasteiger partial charge in [-0.3, -0.25) is 14.9 Å². The lowest BCUT2D eigenvalue weighted by atomic mass is 9.90. The highest BCUT2D eigenvalue weighted by atomic mass is 16.6. The van der Waals surface area contributed by atoms with Crippen molar-refractivity contribution in [2.45, 2.75) is 53.2 Å². The third-order valence-electron chi connectivity index (χ3n) is 3.71. The normalized spacial score (nSPS) is 13.4. The number of nitro benzene ring substituents is 1. The number of nitrogens with one attached hydrogen (secondary N) is 1. The summed E-state index contributed by atoms with van der Waals surface area (Å²) in [6.07, 6.45) is 0.449. The molecule has 1 aromatic carbocycles. The minimum Gasteiger partial charge on any atom is -0.459 e. The van der Waals surface area contributed by atoms with E-state index in [9.17, 15) is 19.7 Å². The van der Waals surface area contributed by atoms with E-state index in [2.05, 4.69) is 5.32 Å². The Kier molecular flexibility index (Phi) is 7.09. The largest absolute Gasteiger partial charge is 0.459 e. The summed E-state index contributed by atoms with van der Waals surface area (Å²) in [5.74, 6) is -0.790. The first kappa shape index (κ1) is 20.6. The maximum atomic E-state index is 12.6. The minimum atomic E-state index is -1.11. The fourth-order valence-electron chi connectivity index (χ4n) is 2.44. The smallest absolute Gasteiger partial charge is 0.331 e. The lowest BCUT2D eigenvalue weighted by Gasteiger charge is -2.31. The maximum Gasteiger partial charge on any atom is 0.331 e. The first-order valence-electron chi connectivity index (χ1n) is 8.27. The number of benzene rings is 1. The van der Waals surface area contributed by atoms with Crippen LogP contribution in [0, 0.1) is 22.0 Å². The van der Waals surface area contributed by atoms with Gasteiger partial charge in [-0.05, 0) is 37.0 Å². The van der Waals surface area contributed by atoms with Crippen LogP contribution in [0.2, 0.25) is 0 Å². The van der Waals surface area contributed by atoms with Crippen LogP contribution in [-0.4, -0.2) is 22.3 Å². The van der Waals surface area contributed by atoms with E-state index in [1.54, 1.807) is 20.8 Å². The molecule has 0 aliphatic heterocycles. The van der Waals surface area contributed by atoms with Gasteiger partial charge in [-0.1, -0.05) is 27.7 Å². The fourth-order valence-corrected chi connectivity index (χ4v) is 2.44. The summed E-state index contributed by atoms with van der Waals surface area (Å²) in [5, 5.41) is 13.4. The summed E-state index contributed by atoms with van der Waals surface area (Å²) in [5.41, 5.74) is -0.499. The average molecular weight is 350 g/mol. The second-order valence-corrected chi connectivity index (χ2v) is 7.07. The van der Waals surface area contributed by atoms with Gasteiger partial charge in [0.05, 0.1) is 4.92 Å². The van der Waals surface area contributed by atoms with Gasteiger partial charge >= 0.3 is 5.97 Å². The van der Waals surface area contributed by atoms with Crippen molar-refractivity contribution in [3.63, 3.8) is 0 Å². The van der Waals surface area contributed by atoms with E-state index in [0.29, 0.717) is 12.0 Å². The Morgan fingerprint density at radius 3 is 2.20 bits per heavy atom. The summed E-state index contributed by atoms with van der Waals surface area (Å²) < 4.78 is 5.35. The summed E-state index contributed by atoms with van der Waals surface area (Å²) in [7, 11) is 0. The number of carbonyl (C=O) groups excluding carboxylic acids is 2. The van der Waals surface area contributed by atoms with Crippen molar-refractivity contribution in [2.75, 3.05) is 0 Å². The first-order valence-corrected chi connectivity index (χ1v) is 8.27. The number of amides is 1. The SMILES string of the molecule is CC(C)C[C@@](C)(NC(=O)C(C)C)C(=O)OCc1ccc([N+](=O)[O-])cc1. The van der Waals surface area contributed by atoms with E-state index in [1.807, 2.05) is 13.8 Å². The van der Waals surface area contributed by atoms with Crippen molar-refractivity contribution in [1.29, 1.82) is 0 Å². The number of hydrogen-bond acceptors (Lipinski definition) is 5. The van der Waals surface area contributed by atoms with Gasteiger partial charge in [0.1, 0.15) is 12.1 Å². The van der Waals surface area contributed by atoms with E-state index in [4.69, 9.17) is 4.74 Å². The third-order valence-corrected chi connectivity index (χ3v) is 3.71. The van der Waals surface area contributed by atoms with Gasteiger partial charge in [-0.15, -0.1) is 0 Å². The Bertz CT molecular complexity index is 625. The van der Waals surface area contributed by atoms with Crippen LogP contribution < -0.4 is 5.32 Å². The van der Waals surface area contributed by atoms with Crippen molar-refractivity contribution < 1.29 is 19.2 Å². The molecule has 0 spiro atoms. The molecule has 0 bridgehead atoms. The molecule has 0 saturated heterocycles. The molecule has 0 saturated carbocycles. The highest BCUT2D eigenvalue weighted by Crippen LogP contribution is 2.20. The maximum absolute atomic E-state index is 12.6. The van der Waals surface area contributed by atoms with Gasteiger partial charge in [-0.2, -0.15) is 0 Å². The monoisotopic (exact) mass is 350 g/mol. The lowest BCUT2D eigenvalue weighted by molar-refractivity contribution is -0.384. The second-order valence-electron chi connectivity index (χ2n) is 7.07. The van der Waals surface area contributed by atoms with Crippen LogP contribution in [0.25, 0.3) is 0 Å². The molecule has 7 heteroatoms. The van der Waals surface area contributed by atoms with Gasteiger partial charge in [-0.25, -0.2) is 4.79 Å². The number of rotatable bonds is 8. The van der Waals surface area contributed by atoms with Crippen LogP contribution in [0.1, 0.15) is 46.6 Å². The molecule has 0 unspecified atom stereocenters. The van der Waals surface area contributed by atoms with Crippen LogP contribution in [0.5, 0.6) is 0 Å². The topological polar surface area (TPSA) is 98.5 Å². The molecule has 7 nitrogen and oxygen atoms in total. The molecular weight excluding hydrogens is 324 g/mol. The zero-order valence-corrected chi connectivity index (χ0v) is 15.4. The number of nitro groups is 1. The van der Waals surface area contributed by atoms with E-state index in [1.165, 1.54) is 24.3 Å². The lowest BCUT2D eigenvalue weighted by Crippen LogP contribution is -2.54. The molecule has 0 aromatic heterocycles. The van der Waals surface area contributed by atoms with E-state index >= 15 is 0 Å². The Hall–Kier alpha value is -2.44. The molecular formula is C18H26N2O5. The Morgan fingerprint density at radius 1 is 1.20 bits per heavy atom. The predicted molar refractivity (Wildman–Crippen MR) is 93.7 cm³/mol. The van der Waals surface area contributed by atoms with Gasteiger partial charge in [0, 0.05) is 18.1 Å². The molecule has 25 heavy (non-hydrogen) atoms. The quantitative estimate of drug-likeness (QED) is 0.441. The Balaban J connectivity index is 2.80. The molecule has 0 radical (unpaired) electrons. The van der Waals surface area contributed by atoms with Gasteiger partial charge in [0.25, 0.3) is 5.69 Å². The molecule has 1 amide bonds. The highest BCUT2D eigenvalue weighted by molar-refractivity contribution is 5.88. The molecule has 1 rings (SSSR count). The van der Waals surface area contributed by atoms with Crippen LogP contribution >= 0.6 is 0 Å². The number of carbonyl (C=O) groups is 2. The second kappa shape index (κ2) is 8.60. The molecule has 0 heterocycles. The van der Waals surface area contributed by atoms with E-state index in [-0.39, 0.29) is 30.0 Å². The van der Waals surface area contributed by atoms with Crippen molar-refractivity contribution in [1.82, 2.24) is 5.32 Å². The number of esters is 1. The van der Waals surface area contributed by atoms with Crippen LogP contribution in [0.3, 0.4) is 0 Å².